The van der Waals surface area contributed by atoms with Crippen molar-refractivity contribution >= 4 is 50.3 Å². The zero-order valence-corrected chi connectivity index (χ0v) is 28.0. The number of thioether (sulfide) groups is 1. The third-order valence-electron chi connectivity index (χ3n) is 9.28. The van der Waals surface area contributed by atoms with Crippen LogP contribution >= 0.6 is 11.8 Å². The van der Waals surface area contributed by atoms with E-state index in [1.807, 2.05) is 11.8 Å². The second-order valence-electron chi connectivity index (χ2n) is 12.3. The van der Waals surface area contributed by atoms with Gasteiger partial charge in [0.2, 0.25) is 0 Å². The lowest BCUT2D eigenvalue weighted by molar-refractivity contribution is 0.956. The number of unbranched alkanes of at least 4 members (excludes halogenated alkanes) is 1. The molecule has 0 N–H and O–H groups in total. The van der Waals surface area contributed by atoms with Crippen LogP contribution in [-0.2, 0) is 0 Å². The van der Waals surface area contributed by atoms with Gasteiger partial charge in [-0.05, 0) is 104 Å². The van der Waals surface area contributed by atoms with Gasteiger partial charge in [-0.2, -0.15) is 0 Å². The molecule has 0 saturated carbocycles. The van der Waals surface area contributed by atoms with Crippen molar-refractivity contribution in [3.8, 4) is 22.3 Å². The average Bonchev–Trinajstić information content (AvgIpc) is 3.59. The van der Waals surface area contributed by atoms with Crippen LogP contribution in [0.5, 0.6) is 0 Å². The summed E-state index contributed by atoms with van der Waals surface area (Å²) < 4.78 is 0. The predicted octanol–water partition coefficient (Wildman–Crippen LogP) is 13.3. The Labute approximate surface area is 287 Å². The van der Waals surface area contributed by atoms with Crippen molar-refractivity contribution in [2.45, 2.75) is 24.7 Å². The summed E-state index contributed by atoms with van der Waals surface area (Å²) >= 11 is 1.93. The van der Waals surface area contributed by atoms with Gasteiger partial charge in [0.05, 0.1) is 5.70 Å². The van der Waals surface area contributed by atoms with E-state index < -0.39 is 0 Å². The van der Waals surface area contributed by atoms with Gasteiger partial charge in [-0.3, -0.25) is 0 Å². The van der Waals surface area contributed by atoms with Gasteiger partial charge in [0.15, 0.2) is 0 Å². The third kappa shape index (κ3) is 5.74. The standard InChI is InChI=1S/C46H37NS/c1-2-3-5-24-45(44-32-48-46-25-13-12-23-42(44)46)47(38-19-14-18-35(30-38)33-15-6-4-7-16-33)37-28-26-34(27-29-37)43-31-36-17-8-9-20-39(36)40-21-10-11-22-41(40)43/h4-31H,2-3,32H2,1H3/b24-5-,45-44-. The van der Waals surface area contributed by atoms with Crippen LogP contribution in [0.15, 0.2) is 180 Å². The number of benzene rings is 7. The first-order valence-electron chi connectivity index (χ1n) is 16.9. The van der Waals surface area contributed by atoms with Gasteiger partial charge in [-0.1, -0.05) is 141 Å². The summed E-state index contributed by atoms with van der Waals surface area (Å²) in [6.45, 7) is 2.24. The normalized spacial score (nSPS) is 13.7. The van der Waals surface area contributed by atoms with E-state index in [1.165, 1.54) is 65.5 Å². The van der Waals surface area contributed by atoms with Crippen LogP contribution in [0.1, 0.15) is 25.3 Å². The van der Waals surface area contributed by atoms with Crippen molar-refractivity contribution in [2.24, 2.45) is 0 Å². The van der Waals surface area contributed by atoms with Crippen LogP contribution in [0.4, 0.5) is 11.4 Å². The van der Waals surface area contributed by atoms with Crippen molar-refractivity contribution in [2.75, 3.05) is 10.7 Å². The summed E-state index contributed by atoms with van der Waals surface area (Å²) in [5, 5.41) is 5.13. The Bertz CT molecular complexity index is 2300. The molecule has 7 aromatic carbocycles. The number of hydrogen-bond donors (Lipinski definition) is 0. The maximum absolute atomic E-state index is 2.47. The first-order valence-corrected chi connectivity index (χ1v) is 17.9. The van der Waals surface area contributed by atoms with Crippen LogP contribution < -0.4 is 4.90 Å². The molecular weight excluding hydrogens is 599 g/mol. The van der Waals surface area contributed by atoms with Gasteiger partial charge in [0.1, 0.15) is 0 Å². The quantitative estimate of drug-likeness (QED) is 0.153. The van der Waals surface area contributed by atoms with E-state index in [1.54, 1.807) is 0 Å². The second-order valence-corrected chi connectivity index (χ2v) is 13.3. The monoisotopic (exact) mass is 635 g/mol. The molecule has 8 rings (SSSR count). The SMILES string of the molecule is CCC/C=C\C(=C1/CSc2ccccc21)N(c1ccc(-c2cc3ccccc3c3ccccc23)cc1)c1cccc(-c2ccccc2)c1. The summed E-state index contributed by atoms with van der Waals surface area (Å²) in [4.78, 5) is 3.82. The van der Waals surface area contributed by atoms with E-state index in [2.05, 4.69) is 182 Å². The highest BCUT2D eigenvalue weighted by molar-refractivity contribution is 8.00. The summed E-state index contributed by atoms with van der Waals surface area (Å²) in [5.74, 6) is 0.946. The van der Waals surface area contributed by atoms with Crippen LogP contribution in [-0.4, -0.2) is 5.75 Å². The molecule has 1 nitrogen and oxygen atoms in total. The van der Waals surface area contributed by atoms with E-state index in [4.69, 9.17) is 0 Å². The van der Waals surface area contributed by atoms with E-state index in [9.17, 15) is 0 Å². The van der Waals surface area contributed by atoms with Crippen molar-refractivity contribution in [3.63, 3.8) is 0 Å². The molecule has 0 fully saturated rings. The second kappa shape index (κ2) is 13.4. The molecule has 0 saturated heterocycles. The van der Waals surface area contributed by atoms with Crippen molar-refractivity contribution in [1.82, 2.24) is 0 Å². The molecule has 0 bridgehead atoms. The van der Waals surface area contributed by atoms with E-state index >= 15 is 0 Å². The molecule has 1 aliphatic heterocycles. The molecule has 232 valence electrons. The molecule has 7 aromatic rings. The summed E-state index contributed by atoms with van der Waals surface area (Å²) in [6, 6.07) is 57.6. The maximum Gasteiger partial charge on any atom is 0.0505 e. The van der Waals surface area contributed by atoms with Gasteiger partial charge in [-0.15, -0.1) is 11.8 Å². The number of allylic oxidation sites excluding steroid dienone is 2. The molecule has 48 heavy (non-hydrogen) atoms. The molecule has 0 radical (unpaired) electrons. The minimum Gasteiger partial charge on any atom is -0.310 e. The van der Waals surface area contributed by atoms with Gasteiger partial charge < -0.3 is 4.90 Å². The van der Waals surface area contributed by atoms with Crippen LogP contribution in [0.3, 0.4) is 0 Å². The fraction of sp³-hybridized carbons (Fsp3) is 0.0870. The maximum atomic E-state index is 2.47. The molecule has 0 aliphatic carbocycles. The number of nitrogens with zero attached hydrogens (tertiary/aromatic N) is 1. The lowest BCUT2D eigenvalue weighted by Gasteiger charge is -2.29. The van der Waals surface area contributed by atoms with Gasteiger partial charge in [-0.25, -0.2) is 0 Å². The molecule has 0 aromatic heterocycles. The van der Waals surface area contributed by atoms with Crippen LogP contribution in [0, 0.1) is 0 Å². The molecule has 1 aliphatic rings. The summed E-state index contributed by atoms with van der Waals surface area (Å²) in [6.07, 6.45) is 6.86. The smallest absolute Gasteiger partial charge is 0.0505 e. The molecule has 2 heteroatoms. The Morgan fingerprint density at radius 2 is 1.29 bits per heavy atom. The molecular formula is C46H37NS. The molecule has 0 amide bonds. The van der Waals surface area contributed by atoms with Gasteiger partial charge >= 0.3 is 0 Å². The molecule has 1 heterocycles. The topological polar surface area (TPSA) is 3.24 Å². The minimum absolute atomic E-state index is 0.946. The minimum atomic E-state index is 0.946. The van der Waals surface area contributed by atoms with E-state index in [0.29, 0.717) is 0 Å². The van der Waals surface area contributed by atoms with Crippen molar-refractivity contribution < 1.29 is 0 Å². The van der Waals surface area contributed by atoms with Gasteiger partial charge in [0, 0.05) is 22.0 Å². The first kappa shape index (κ1) is 30.1. The Morgan fingerprint density at radius 1 is 0.583 bits per heavy atom. The fourth-order valence-electron chi connectivity index (χ4n) is 6.92. The fourth-order valence-corrected chi connectivity index (χ4v) is 8.04. The van der Waals surface area contributed by atoms with E-state index in [0.717, 1.165) is 30.0 Å². The number of rotatable bonds is 8. The molecule has 0 unspecified atom stereocenters. The molecule has 0 spiro atoms. The summed E-state index contributed by atoms with van der Waals surface area (Å²) in [5.41, 5.74) is 11.1. The lowest BCUT2D eigenvalue weighted by Crippen LogP contribution is -2.17. The highest BCUT2D eigenvalue weighted by atomic mass is 32.2. The first-order chi connectivity index (χ1) is 23.8. The average molecular weight is 636 g/mol. The largest absolute Gasteiger partial charge is 0.310 e. The van der Waals surface area contributed by atoms with Crippen molar-refractivity contribution in [3.05, 3.63) is 181 Å². The lowest BCUT2D eigenvalue weighted by atomic mass is 9.93. The Balaban J connectivity index is 1.31. The highest BCUT2D eigenvalue weighted by Gasteiger charge is 2.24. The predicted molar refractivity (Wildman–Crippen MR) is 209 cm³/mol. The van der Waals surface area contributed by atoms with Crippen LogP contribution in [0.2, 0.25) is 0 Å². The number of anilines is 2. The Kier molecular flexibility index (Phi) is 8.41. The van der Waals surface area contributed by atoms with E-state index in [-0.39, 0.29) is 0 Å². The third-order valence-corrected chi connectivity index (χ3v) is 10.4. The van der Waals surface area contributed by atoms with Gasteiger partial charge in [0.25, 0.3) is 0 Å². The number of hydrogen-bond acceptors (Lipinski definition) is 2. The zero-order valence-electron chi connectivity index (χ0n) is 27.1. The highest BCUT2D eigenvalue weighted by Crippen LogP contribution is 2.45. The number of fused-ring (bicyclic) bond motifs is 4. The van der Waals surface area contributed by atoms with Crippen molar-refractivity contribution in [1.29, 1.82) is 0 Å². The molecule has 0 atom stereocenters. The summed E-state index contributed by atoms with van der Waals surface area (Å²) in [7, 11) is 0. The Hall–Kier alpha value is -5.31. The Morgan fingerprint density at radius 3 is 2.12 bits per heavy atom. The van der Waals surface area contributed by atoms with Crippen LogP contribution in [0.25, 0.3) is 49.4 Å². The zero-order chi connectivity index (χ0) is 32.3.